The highest BCUT2D eigenvalue weighted by Gasteiger charge is 2.00. The fourth-order valence-electron chi connectivity index (χ4n) is 0.247. The first-order chi connectivity index (χ1) is 6.68. The molecule has 7 nitrogen and oxygen atoms in total. The zero-order valence-corrected chi connectivity index (χ0v) is 8.30. The maximum absolute atomic E-state index is 9.90. The highest BCUT2D eigenvalue weighted by atomic mass is 16.4. The molecule has 0 aromatic rings. The summed E-state index contributed by atoms with van der Waals surface area (Å²) in [4.78, 5) is 29.3. The molecule has 1 atom stereocenters. The minimum absolute atomic E-state index is 0.178. The molecule has 0 amide bonds. The standard InChI is InChI=1S/C5H6O4.C3H7NO2/c1-3(5(8)9)2-4(6)7;1-2(4)3(5)6/h2H,1H3,(H,6,7)(H,8,9);2H,4H2,1H3,(H,5,6)/b3-2+;. The molecular weight excluding hydrogens is 206 g/mol. The third-order valence-corrected chi connectivity index (χ3v) is 1.07. The topological polar surface area (TPSA) is 138 Å². The predicted octanol–water partition coefficient (Wildman–Crippen LogP) is -0.480. The third-order valence-electron chi connectivity index (χ3n) is 1.07. The van der Waals surface area contributed by atoms with Crippen molar-refractivity contribution in [2.24, 2.45) is 5.73 Å². The summed E-state index contributed by atoms with van der Waals surface area (Å²) in [5.41, 5.74) is 4.66. The molecule has 0 bridgehead atoms. The van der Waals surface area contributed by atoms with Crippen molar-refractivity contribution in [2.45, 2.75) is 19.9 Å². The van der Waals surface area contributed by atoms with E-state index in [1.54, 1.807) is 0 Å². The van der Waals surface area contributed by atoms with Crippen LogP contribution in [-0.2, 0) is 14.4 Å². The normalized spacial score (nSPS) is 12.1. The van der Waals surface area contributed by atoms with Gasteiger partial charge in [0.1, 0.15) is 6.04 Å². The lowest BCUT2D eigenvalue weighted by atomic mass is 10.3. The highest BCUT2D eigenvalue weighted by molar-refractivity contribution is 5.93. The maximum Gasteiger partial charge on any atom is 0.331 e. The van der Waals surface area contributed by atoms with E-state index in [1.807, 2.05) is 0 Å². The van der Waals surface area contributed by atoms with Gasteiger partial charge in [-0.2, -0.15) is 0 Å². The molecule has 0 aromatic heterocycles. The van der Waals surface area contributed by atoms with Crippen molar-refractivity contribution >= 4 is 17.9 Å². The Balaban J connectivity index is 0. The van der Waals surface area contributed by atoms with Gasteiger partial charge in [0.05, 0.1) is 0 Å². The first kappa shape index (κ1) is 15.6. The fraction of sp³-hybridized carbons (Fsp3) is 0.375. The van der Waals surface area contributed by atoms with E-state index in [-0.39, 0.29) is 5.57 Å². The number of carbonyl (C=O) groups is 3. The molecule has 86 valence electrons. The van der Waals surface area contributed by atoms with Gasteiger partial charge in [-0.15, -0.1) is 0 Å². The average Bonchev–Trinajstić information content (AvgIpc) is 2.03. The van der Waals surface area contributed by atoms with E-state index in [9.17, 15) is 14.4 Å². The second-order valence-corrected chi connectivity index (χ2v) is 2.60. The minimum atomic E-state index is -1.24. The van der Waals surface area contributed by atoms with E-state index in [0.717, 1.165) is 0 Å². The van der Waals surface area contributed by atoms with Gasteiger partial charge in [-0.3, -0.25) is 4.79 Å². The van der Waals surface area contributed by atoms with Crippen LogP contribution in [0, 0.1) is 0 Å². The summed E-state index contributed by atoms with van der Waals surface area (Å²) in [6, 6.07) is -0.731. The second-order valence-electron chi connectivity index (χ2n) is 2.60. The summed E-state index contributed by atoms with van der Waals surface area (Å²) in [6.45, 7) is 2.64. The van der Waals surface area contributed by atoms with Gasteiger partial charge >= 0.3 is 17.9 Å². The number of hydrogen-bond donors (Lipinski definition) is 4. The van der Waals surface area contributed by atoms with E-state index in [2.05, 4.69) is 0 Å². The number of hydrogen-bond acceptors (Lipinski definition) is 4. The number of nitrogens with two attached hydrogens (primary N) is 1. The SMILES string of the molecule is C/C(=C\C(=O)O)C(=O)O.CC(N)C(=O)O. The summed E-state index contributed by atoms with van der Waals surface area (Å²) in [5.74, 6) is -3.41. The minimum Gasteiger partial charge on any atom is -0.480 e. The van der Waals surface area contributed by atoms with Crippen molar-refractivity contribution in [1.29, 1.82) is 0 Å². The lowest BCUT2D eigenvalue weighted by Gasteiger charge is -1.90. The summed E-state index contributed by atoms with van der Waals surface area (Å²) in [5, 5.41) is 24.0. The number of carboxylic acid groups (broad SMARTS) is 3. The molecule has 0 rings (SSSR count). The molecule has 0 saturated heterocycles. The van der Waals surface area contributed by atoms with Crippen LogP contribution in [0.3, 0.4) is 0 Å². The van der Waals surface area contributed by atoms with Crippen molar-refractivity contribution in [3.05, 3.63) is 11.6 Å². The van der Waals surface area contributed by atoms with Crippen LogP contribution >= 0.6 is 0 Å². The maximum atomic E-state index is 9.90. The molecule has 15 heavy (non-hydrogen) atoms. The van der Waals surface area contributed by atoms with Crippen LogP contribution < -0.4 is 5.73 Å². The summed E-state index contributed by atoms with van der Waals surface area (Å²) < 4.78 is 0. The molecule has 0 heterocycles. The van der Waals surface area contributed by atoms with Crippen LogP contribution in [0.25, 0.3) is 0 Å². The molecule has 0 spiro atoms. The molecule has 0 aliphatic heterocycles. The van der Waals surface area contributed by atoms with Gasteiger partial charge < -0.3 is 21.1 Å². The number of aliphatic carboxylic acids is 3. The Hall–Kier alpha value is -1.89. The first-order valence-electron chi connectivity index (χ1n) is 3.81. The van der Waals surface area contributed by atoms with Crippen molar-refractivity contribution in [2.75, 3.05) is 0 Å². The third kappa shape index (κ3) is 12.1. The largest absolute Gasteiger partial charge is 0.480 e. The average molecular weight is 219 g/mol. The van der Waals surface area contributed by atoms with E-state index in [0.29, 0.717) is 6.08 Å². The van der Waals surface area contributed by atoms with Crippen molar-refractivity contribution in [3.63, 3.8) is 0 Å². The Morgan fingerprint density at radius 1 is 1.20 bits per heavy atom. The van der Waals surface area contributed by atoms with Crippen molar-refractivity contribution in [1.82, 2.24) is 0 Å². The molecule has 0 aliphatic rings. The Labute approximate surface area is 85.8 Å². The highest BCUT2D eigenvalue weighted by Crippen LogP contribution is 1.89. The lowest BCUT2D eigenvalue weighted by molar-refractivity contribution is -0.138. The zero-order chi connectivity index (χ0) is 12.6. The molecule has 0 radical (unpaired) electrons. The molecular formula is C8H13NO6. The number of carboxylic acids is 3. The van der Waals surface area contributed by atoms with Crippen LogP contribution in [0.15, 0.2) is 11.6 Å². The van der Waals surface area contributed by atoms with Crippen LogP contribution in [-0.4, -0.2) is 39.3 Å². The molecule has 1 unspecified atom stereocenters. The monoisotopic (exact) mass is 219 g/mol. The first-order valence-corrected chi connectivity index (χ1v) is 3.81. The summed E-state index contributed by atoms with van der Waals surface area (Å²) in [7, 11) is 0. The van der Waals surface area contributed by atoms with Crippen LogP contribution in [0.5, 0.6) is 0 Å². The molecule has 0 saturated carbocycles. The van der Waals surface area contributed by atoms with Crippen molar-refractivity contribution in [3.8, 4) is 0 Å². The van der Waals surface area contributed by atoms with Gasteiger partial charge in [-0.1, -0.05) is 0 Å². The van der Waals surface area contributed by atoms with Crippen molar-refractivity contribution < 1.29 is 29.7 Å². The van der Waals surface area contributed by atoms with E-state index < -0.39 is 23.9 Å². The lowest BCUT2D eigenvalue weighted by Crippen LogP contribution is -2.25. The van der Waals surface area contributed by atoms with Gasteiger partial charge in [0.25, 0.3) is 0 Å². The Morgan fingerprint density at radius 3 is 1.60 bits per heavy atom. The molecule has 0 aliphatic carbocycles. The van der Waals surface area contributed by atoms with E-state index in [4.69, 9.17) is 21.1 Å². The van der Waals surface area contributed by atoms with E-state index in [1.165, 1.54) is 13.8 Å². The van der Waals surface area contributed by atoms with Crippen LogP contribution in [0.4, 0.5) is 0 Å². The Morgan fingerprint density at radius 2 is 1.53 bits per heavy atom. The predicted molar refractivity (Wildman–Crippen MR) is 50.3 cm³/mol. The summed E-state index contributed by atoms with van der Waals surface area (Å²) >= 11 is 0. The quantitative estimate of drug-likeness (QED) is 0.470. The Kier molecular flexibility index (Phi) is 7.80. The van der Waals surface area contributed by atoms with Gasteiger partial charge in [0, 0.05) is 11.6 Å². The molecule has 0 aromatic carbocycles. The van der Waals surface area contributed by atoms with Gasteiger partial charge in [0.15, 0.2) is 0 Å². The van der Waals surface area contributed by atoms with Gasteiger partial charge in [-0.05, 0) is 13.8 Å². The second kappa shape index (κ2) is 7.51. The molecule has 7 heteroatoms. The van der Waals surface area contributed by atoms with Gasteiger partial charge in [0.2, 0.25) is 0 Å². The van der Waals surface area contributed by atoms with Crippen LogP contribution in [0.1, 0.15) is 13.8 Å². The zero-order valence-electron chi connectivity index (χ0n) is 8.30. The van der Waals surface area contributed by atoms with E-state index >= 15 is 0 Å². The fourth-order valence-corrected chi connectivity index (χ4v) is 0.247. The molecule has 5 N–H and O–H groups in total. The molecule has 0 fully saturated rings. The van der Waals surface area contributed by atoms with Crippen LogP contribution in [0.2, 0.25) is 0 Å². The summed E-state index contributed by atoms with van der Waals surface area (Å²) in [6.07, 6.45) is 0.641. The smallest absolute Gasteiger partial charge is 0.331 e. The van der Waals surface area contributed by atoms with Gasteiger partial charge in [-0.25, -0.2) is 9.59 Å². The number of rotatable bonds is 3. The Bertz CT molecular complexity index is 281.